The second-order valence-electron chi connectivity index (χ2n) is 5.39. The van der Waals surface area contributed by atoms with Crippen LogP contribution in [0.5, 0.6) is 0 Å². The van der Waals surface area contributed by atoms with Gasteiger partial charge in [-0.25, -0.2) is 4.79 Å². The molecule has 0 aliphatic rings. The van der Waals surface area contributed by atoms with Crippen LogP contribution >= 0.6 is 0 Å². The number of benzene rings is 2. The standard InChI is InChI=1S/C18H14F3N3O2/c1-2-26-17(25)16-15(22-24-23-16)13-5-3-11(4-6-13)12-7-9-14(10-8-12)18(19,20)21/h3-10H,2H2,1H3,(H,22,23,24). The van der Waals surface area contributed by atoms with Crippen molar-refractivity contribution in [3.05, 3.63) is 59.8 Å². The molecule has 1 N–H and O–H groups in total. The summed E-state index contributed by atoms with van der Waals surface area (Å²) in [6.07, 6.45) is -4.36. The monoisotopic (exact) mass is 361 g/mol. The molecule has 26 heavy (non-hydrogen) atoms. The van der Waals surface area contributed by atoms with Crippen LogP contribution in [0.25, 0.3) is 22.4 Å². The molecule has 0 radical (unpaired) electrons. The second-order valence-corrected chi connectivity index (χ2v) is 5.39. The minimum Gasteiger partial charge on any atom is -0.461 e. The molecule has 3 aromatic rings. The van der Waals surface area contributed by atoms with Crippen LogP contribution in [0.15, 0.2) is 48.5 Å². The number of hydrogen-bond acceptors (Lipinski definition) is 4. The van der Waals surface area contributed by atoms with Gasteiger partial charge in [0.2, 0.25) is 0 Å². The average Bonchev–Trinajstić information content (AvgIpc) is 3.11. The number of halogens is 3. The van der Waals surface area contributed by atoms with Gasteiger partial charge in [-0.1, -0.05) is 36.4 Å². The van der Waals surface area contributed by atoms with E-state index in [4.69, 9.17) is 4.74 Å². The number of carbonyl (C=O) groups excluding carboxylic acids is 1. The van der Waals surface area contributed by atoms with E-state index in [9.17, 15) is 18.0 Å². The molecule has 0 aliphatic heterocycles. The topological polar surface area (TPSA) is 67.9 Å². The van der Waals surface area contributed by atoms with E-state index in [2.05, 4.69) is 15.4 Å². The number of alkyl halides is 3. The highest BCUT2D eigenvalue weighted by atomic mass is 19.4. The Morgan fingerprint density at radius 2 is 1.50 bits per heavy atom. The van der Waals surface area contributed by atoms with Crippen molar-refractivity contribution in [2.75, 3.05) is 6.61 Å². The van der Waals surface area contributed by atoms with Crippen LogP contribution in [0.2, 0.25) is 0 Å². The van der Waals surface area contributed by atoms with E-state index >= 15 is 0 Å². The molecule has 134 valence electrons. The van der Waals surface area contributed by atoms with Gasteiger partial charge in [0.25, 0.3) is 0 Å². The maximum atomic E-state index is 12.6. The maximum Gasteiger partial charge on any atom is 0.416 e. The summed E-state index contributed by atoms with van der Waals surface area (Å²) in [4.78, 5) is 11.9. The third kappa shape index (κ3) is 3.58. The molecule has 1 aromatic heterocycles. The van der Waals surface area contributed by atoms with E-state index in [1.165, 1.54) is 12.1 Å². The number of H-pyrrole nitrogens is 1. The van der Waals surface area contributed by atoms with Gasteiger partial charge in [0, 0.05) is 5.56 Å². The van der Waals surface area contributed by atoms with Crippen LogP contribution in [-0.2, 0) is 10.9 Å². The lowest BCUT2D eigenvalue weighted by Crippen LogP contribution is -2.06. The number of hydrogen-bond donors (Lipinski definition) is 1. The van der Waals surface area contributed by atoms with Crippen LogP contribution < -0.4 is 0 Å². The summed E-state index contributed by atoms with van der Waals surface area (Å²) in [5.74, 6) is -0.580. The normalized spacial score (nSPS) is 11.4. The molecule has 0 unspecified atom stereocenters. The molecule has 2 aromatic carbocycles. The lowest BCUT2D eigenvalue weighted by molar-refractivity contribution is -0.137. The minimum atomic E-state index is -4.36. The van der Waals surface area contributed by atoms with Crippen molar-refractivity contribution in [3.63, 3.8) is 0 Å². The number of rotatable bonds is 4. The maximum absolute atomic E-state index is 12.6. The summed E-state index contributed by atoms with van der Waals surface area (Å²) >= 11 is 0. The zero-order valence-electron chi connectivity index (χ0n) is 13.7. The smallest absolute Gasteiger partial charge is 0.416 e. The van der Waals surface area contributed by atoms with Crippen molar-refractivity contribution in [3.8, 4) is 22.4 Å². The van der Waals surface area contributed by atoms with Crippen molar-refractivity contribution in [2.24, 2.45) is 0 Å². The molecule has 0 spiro atoms. The predicted molar refractivity (Wildman–Crippen MR) is 88.2 cm³/mol. The second kappa shape index (κ2) is 6.99. The molecule has 0 aliphatic carbocycles. The molecule has 0 saturated carbocycles. The molecule has 0 atom stereocenters. The number of carbonyl (C=O) groups is 1. The largest absolute Gasteiger partial charge is 0.461 e. The fourth-order valence-corrected chi connectivity index (χ4v) is 2.45. The van der Waals surface area contributed by atoms with Crippen molar-refractivity contribution >= 4 is 5.97 Å². The van der Waals surface area contributed by atoms with Gasteiger partial charge in [-0.3, -0.25) is 0 Å². The SMILES string of the molecule is CCOC(=O)c1n[nH]nc1-c1ccc(-c2ccc(C(F)(F)F)cc2)cc1. The van der Waals surface area contributed by atoms with Crippen LogP contribution in [0, 0.1) is 0 Å². The van der Waals surface area contributed by atoms with Crippen LogP contribution in [-0.4, -0.2) is 28.0 Å². The van der Waals surface area contributed by atoms with E-state index in [1.807, 2.05) is 0 Å². The first-order valence-electron chi connectivity index (χ1n) is 7.76. The van der Waals surface area contributed by atoms with Crippen LogP contribution in [0.4, 0.5) is 13.2 Å². The zero-order valence-corrected chi connectivity index (χ0v) is 13.7. The molecular weight excluding hydrogens is 347 g/mol. The van der Waals surface area contributed by atoms with Crippen LogP contribution in [0.1, 0.15) is 23.0 Å². The number of esters is 1. The molecule has 3 rings (SSSR count). The predicted octanol–water partition coefficient (Wildman–Crippen LogP) is 4.33. The Balaban J connectivity index is 1.86. The highest BCUT2D eigenvalue weighted by Crippen LogP contribution is 2.31. The van der Waals surface area contributed by atoms with E-state index in [1.54, 1.807) is 31.2 Å². The number of nitrogens with zero attached hydrogens (tertiary/aromatic N) is 2. The van der Waals surface area contributed by atoms with Crippen molar-refractivity contribution < 1.29 is 22.7 Å². The molecule has 0 saturated heterocycles. The Bertz CT molecular complexity index is 901. The molecule has 5 nitrogen and oxygen atoms in total. The van der Waals surface area contributed by atoms with E-state index in [-0.39, 0.29) is 12.3 Å². The van der Waals surface area contributed by atoms with E-state index in [0.29, 0.717) is 16.8 Å². The molecular formula is C18H14F3N3O2. The average molecular weight is 361 g/mol. The lowest BCUT2D eigenvalue weighted by Gasteiger charge is -2.08. The van der Waals surface area contributed by atoms with Crippen LogP contribution in [0.3, 0.4) is 0 Å². The fraction of sp³-hybridized carbons (Fsp3) is 0.167. The van der Waals surface area contributed by atoms with Gasteiger partial charge >= 0.3 is 12.1 Å². The third-order valence-corrected chi connectivity index (χ3v) is 3.72. The van der Waals surface area contributed by atoms with Gasteiger partial charge in [0.05, 0.1) is 12.2 Å². The first-order valence-corrected chi connectivity index (χ1v) is 7.76. The van der Waals surface area contributed by atoms with E-state index < -0.39 is 17.7 Å². The summed E-state index contributed by atoms with van der Waals surface area (Å²) in [5, 5.41) is 10.2. The fourth-order valence-electron chi connectivity index (χ4n) is 2.45. The summed E-state index contributed by atoms with van der Waals surface area (Å²) < 4.78 is 42.8. The number of nitrogens with one attached hydrogen (secondary N) is 1. The Morgan fingerprint density at radius 3 is 2.04 bits per heavy atom. The Kier molecular flexibility index (Phi) is 4.75. The van der Waals surface area contributed by atoms with Gasteiger partial charge in [-0.05, 0) is 30.2 Å². The van der Waals surface area contributed by atoms with Crippen molar-refractivity contribution in [1.82, 2.24) is 15.4 Å². The van der Waals surface area contributed by atoms with Gasteiger partial charge in [-0.15, -0.1) is 5.10 Å². The molecule has 1 heterocycles. The Morgan fingerprint density at radius 1 is 0.962 bits per heavy atom. The molecule has 0 bridgehead atoms. The summed E-state index contributed by atoms with van der Waals surface area (Å²) in [5.41, 5.74) is 1.76. The van der Waals surface area contributed by atoms with Gasteiger partial charge in [0.1, 0.15) is 5.69 Å². The first-order chi connectivity index (χ1) is 12.4. The van der Waals surface area contributed by atoms with E-state index in [0.717, 1.165) is 17.7 Å². The highest BCUT2D eigenvalue weighted by molar-refractivity contribution is 5.94. The van der Waals surface area contributed by atoms with Gasteiger partial charge in [-0.2, -0.15) is 23.5 Å². The van der Waals surface area contributed by atoms with Crippen molar-refractivity contribution in [1.29, 1.82) is 0 Å². The lowest BCUT2D eigenvalue weighted by atomic mass is 10.0. The third-order valence-electron chi connectivity index (χ3n) is 3.72. The molecule has 8 heteroatoms. The highest BCUT2D eigenvalue weighted by Gasteiger charge is 2.30. The quantitative estimate of drug-likeness (QED) is 0.702. The zero-order chi connectivity index (χ0) is 18.7. The summed E-state index contributed by atoms with van der Waals surface area (Å²) in [7, 11) is 0. The van der Waals surface area contributed by atoms with Gasteiger partial charge < -0.3 is 4.74 Å². The Labute approximate surface area is 146 Å². The number of aromatic nitrogens is 3. The van der Waals surface area contributed by atoms with Gasteiger partial charge in [0.15, 0.2) is 5.69 Å². The summed E-state index contributed by atoms with van der Waals surface area (Å²) in [6.45, 7) is 1.91. The number of ether oxygens (including phenoxy) is 1. The molecule has 0 amide bonds. The van der Waals surface area contributed by atoms with Crippen molar-refractivity contribution in [2.45, 2.75) is 13.1 Å². The Hall–Kier alpha value is -3.16. The molecule has 0 fully saturated rings. The number of aromatic amines is 1. The summed E-state index contributed by atoms with van der Waals surface area (Å²) in [6, 6.07) is 11.8. The minimum absolute atomic E-state index is 0.0779. The first kappa shape index (κ1) is 17.7.